The molecule has 0 aliphatic carbocycles. The topological polar surface area (TPSA) is 89.5 Å². The molecule has 156 valence electrons. The van der Waals surface area contributed by atoms with E-state index in [2.05, 4.69) is 5.32 Å². The zero-order valence-corrected chi connectivity index (χ0v) is 17.7. The monoisotopic (exact) mass is 417 g/mol. The van der Waals surface area contributed by atoms with Crippen LogP contribution in [0.4, 0.5) is 0 Å². The molecular formula is C22H27NO5S. The maximum Gasteiger partial charge on any atom is 0.338 e. The van der Waals surface area contributed by atoms with Gasteiger partial charge in [0.2, 0.25) is 0 Å². The predicted octanol–water partition coefficient (Wildman–Crippen LogP) is 3.43. The summed E-state index contributed by atoms with van der Waals surface area (Å²) in [6, 6.07) is 15.6. The Labute approximate surface area is 172 Å². The molecule has 0 aliphatic rings. The minimum absolute atomic E-state index is 0.0978. The van der Waals surface area contributed by atoms with Gasteiger partial charge in [-0.05, 0) is 36.6 Å². The van der Waals surface area contributed by atoms with E-state index in [9.17, 15) is 18.0 Å². The van der Waals surface area contributed by atoms with Crippen LogP contribution in [0.25, 0.3) is 0 Å². The Hall–Kier alpha value is -2.67. The maximum absolute atomic E-state index is 12.5. The number of sulfone groups is 1. The van der Waals surface area contributed by atoms with Crippen LogP contribution < -0.4 is 5.32 Å². The van der Waals surface area contributed by atoms with Crippen molar-refractivity contribution in [3.8, 4) is 0 Å². The molecule has 0 bridgehead atoms. The predicted molar refractivity (Wildman–Crippen MR) is 112 cm³/mol. The van der Waals surface area contributed by atoms with Crippen molar-refractivity contribution in [3.63, 3.8) is 0 Å². The van der Waals surface area contributed by atoms with Crippen LogP contribution in [-0.2, 0) is 25.1 Å². The van der Waals surface area contributed by atoms with Crippen LogP contribution in [0.3, 0.4) is 0 Å². The molecule has 1 amide bonds. The van der Waals surface area contributed by atoms with E-state index in [4.69, 9.17) is 4.74 Å². The Morgan fingerprint density at radius 1 is 1.03 bits per heavy atom. The molecule has 2 aromatic carbocycles. The van der Waals surface area contributed by atoms with Crippen molar-refractivity contribution >= 4 is 21.7 Å². The highest BCUT2D eigenvalue weighted by Gasteiger charge is 2.22. The van der Waals surface area contributed by atoms with Crippen molar-refractivity contribution in [3.05, 3.63) is 71.3 Å². The van der Waals surface area contributed by atoms with Gasteiger partial charge in [-0.2, -0.15) is 0 Å². The normalized spacial score (nSPS) is 13.3. The molecule has 0 aliphatic heterocycles. The first-order chi connectivity index (χ1) is 13.7. The molecule has 2 rings (SSSR count). The number of benzene rings is 2. The summed E-state index contributed by atoms with van der Waals surface area (Å²) in [5, 5.41) is 2.94. The van der Waals surface area contributed by atoms with Crippen LogP contribution in [0.1, 0.15) is 54.2 Å². The Bertz CT molecular complexity index is 923. The van der Waals surface area contributed by atoms with E-state index in [0.717, 1.165) is 24.7 Å². The molecule has 6 nitrogen and oxygen atoms in total. The number of hydrogen-bond donors (Lipinski definition) is 1. The highest BCUT2D eigenvalue weighted by Crippen LogP contribution is 2.18. The van der Waals surface area contributed by atoms with E-state index in [1.165, 1.54) is 19.1 Å². The van der Waals surface area contributed by atoms with Crippen LogP contribution in [0, 0.1) is 0 Å². The van der Waals surface area contributed by atoms with Crippen molar-refractivity contribution in [2.75, 3.05) is 6.26 Å². The Kier molecular flexibility index (Phi) is 7.96. The molecule has 2 atom stereocenters. The average Bonchev–Trinajstić information content (AvgIpc) is 2.67. The third kappa shape index (κ3) is 7.34. The standard InChI is InChI=1S/C22H27NO5S/c1-4-8-20(18-9-6-5-7-10-18)23-21(24)16(2)28-22(25)19-13-11-17(12-14-19)15-29(3,26)27/h5-7,9-14,16,20H,4,8,15H2,1-3H3,(H,23,24)/t16-,20-/m1/s1. The molecule has 0 saturated carbocycles. The van der Waals surface area contributed by atoms with E-state index in [-0.39, 0.29) is 23.3 Å². The van der Waals surface area contributed by atoms with Gasteiger partial charge >= 0.3 is 5.97 Å². The molecule has 0 heterocycles. The summed E-state index contributed by atoms with van der Waals surface area (Å²) in [5.74, 6) is -1.10. The average molecular weight is 418 g/mol. The summed E-state index contributed by atoms with van der Waals surface area (Å²) in [5.41, 5.74) is 1.85. The minimum atomic E-state index is -3.15. The number of esters is 1. The second-order valence-electron chi connectivity index (χ2n) is 7.08. The van der Waals surface area contributed by atoms with Crippen molar-refractivity contribution in [1.82, 2.24) is 5.32 Å². The fraction of sp³-hybridized carbons (Fsp3) is 0.364. The van der Waals surface area contributed by atoms with Crippen molar-refractivity contribution in [2.45, 2.75) is 44.6 Å². The lowest BCUT2D eigenvalue weighted by atomic mass is 10.0. The zero-order chi connectivity index (χ0) is 21.4. The highest BCUT2D eigenvalue weighted by atomic mass is 32.2. The summed E-state index contributed by atoms with van der Waals surface area (Å²) in [6.07, 6.45) is 1.87. The Morgan fingerprint density at radius 2 is 1.66 bits per heavy atom. The summed E-state index contributed by atoms with van der Waals surface area (Å²) in [7, 11) is -3.15. The number of carbonyl (C=O) groups excluding carboxylic acids is 2. The van der Waals surface area contributed by atoms with Crippen LogP contribution in [0.5, 0.6) is 0 Å². The van der Waals surface area contributed by atoms with E-state index >= 15 is 0 Å². The molecule has 29 heavy (non-hydrogen) atoms. The van der Waals surface area contributed by atoms with E-state index in [1.807, 2.05) is 37.3 Å². The first-order valence-corrected chi connectivity index (χ1v) is 11.6. The van der Waals surface area contributed by atoms with Gasteiger partial charge in [0.05, 0.1) is 17.4 Å². The SMILES string of the molecule is CCC[C@@H](NC(=O)[C@@H](C)OC(=O)c1ccc(CS(C)(=O)=O)cc1)c1ccccc1. The smallest absolute Gasteiger partial charge is 0.338 e. The quantitative estimate of drug-likeness (QED) is 0.632. The van der Waals surface area contributed by atoms with Gasteiger partial charge < -0.3 is 10.1 Å². The minimum Gasteiger partial charge on any atom is -0.449 e. The highest BCUT2D eigenvalue weighted by molar-refractivity contribution is 7.89. The Balaban J connectivity index is 1.98. The fourth-order valence-electron chi connectivity index (χ4n) is 2.91. The second-order valence-corrected chi connectivity index (χ2v) is 9.22. The molecule has 2 aromatic rings. The lowest BCUT2D eigenvalue weighted by Gasteiger charge is -2.21. The number of amides is 1. The number of hydrogen-bond acceptors (Lipinski definition) is 5. The second kappa shape index (κ2) is 10.2. The molecule has 0 spiro atoms. The van der Waals surface area contributed by atoms with Gasteiger partial charge in [0.1, 0.15) is 0 Å². The Morgan fingerprint density at radius 3 is 2.21 bits per heavy atom. The molecular weight excluding hydrogens is 390 g/mol. The number of ether oxygens (including phenoxy) is 1. The maximum atomic E-state index is 12.5. The van der Waals surface area contributed by atoms with Gasteiger partial charge in [0.25, 0.3) is 5.91 Å². The van der Waals surface area contributed by atoms with Crippen LogP contribution in [0.15, 0.2) is 54.6 Å². The largest absolute Gasteiger partial charge is 0.449 e. The van der Waals surface area contributed by atoms with Crippen molar-refractivity contribution in [1.29, 1.82) is 0 Å². The molecule has 0 fully saturated rings. The summed E-state index contributed by atoms with van der Waals surface area (Å²) in [6.45, 7) is 3.57. The third-order valence-corrected chi connectivity index (χ3v) is 5.23. The first kappa shape index (κ1) is 22.6. The fourth-order valence-corrected chi connectivity index (χ4v) is 3.71. The lowest BCUT2D eigenvalue weighted by molar-refractivity contribution is -0.129. The van der Waals surface area contributed by atoms with Crippen LogP contribution in [-0.4, -0.2) is 32.7 Å². The third-order valence-electron chi connectivity index (χ3n) is 4.37. The van der Waals surface area contributed by atoms with Gasteiger partial charge in [-0.15, -0.1) is 0 Å². The first-order valence-electron chi connectivity index (χ1n) is 9.52. The molecule has 0 saturated heterocycles. The summed E-state index contributed by atoms with van der Waals surface area (Å²) < 4.78 is 28.0. The van der Waals surface area contributed by atoms with Gasteiger partial charge in [-0.3, -0.25) is 4.79 Å². The number of rotatable bonds is 9. The molecule has 0 aromatic heterocycles. The van der Waals surface area contributed by atoms with Crippen molar-refractivity contribution in [2.24, 2.45) is 0 Å². The molecule has 0 radical (unpaired) electrons. The number of nitrogens with one attached hydrogen (secondary N) is 1. The van der Waals surface area contributed by atoms with Crippen molar-refractivity contribution < 1.29 is 22.7 Å². The van der Waals surface area contributed by atoms with Crippen LogP contribution >= 0.6 is 0 Å². The van der Waals surface area contributed by atoms with E-state index < -0.39 is 21.9 Å². The van der Waals surface area contributed by atoms with Crippen LogP contribution in [0.2, 0.25) is 0 Å². The van der Waals surface area contributed by atoms with Gasteiger partial charge in [0.15, 0.2) is 15.9 Å². The molecule has 1 N–H and O–H groups in total. The summed E-state index contributed by atoms with van der Waals surface area (Å²) >= 11 is 0. The van der Waals surface area contributed by atoms with E-state index in [0.29, 0.717) is 5.56 Å². The van der Waals surface area contributed by atoms with E-state index in [1.54, 1.807) is 12.1 Å². The number of carbonyl (C=O) groups is 2. The zero-order valence-electron chi connectivity index (χ0n) is 16.9. The van der Waals surface area contributed by atoms with Gasteiger partial charge in [-0.25, -0.2) is 13.2 Å². The summed E-state index contributed by atoms with van der Waals surface area (Å²) in [4.78, 5) is 24.8. The van der Waals surface area contributed by atoms with Gasteiger partial charge in [0, 0.05) is 6.26 Å². The molecule has 0 unspecified atom stereocenters. The van der Waals surface area contributed by atoms with Gasteiger partial charge in [-0.1, -0.05) is 55.8 Å². The lowest BCUT2D eigenvalue weighted by Crippen LogP contribution is -2.38. The molecule has 7 heteroatoms.